The van der Waals surface area contributed by atoms with Crippen LogP contribution < -0.4 is 5.32 Å². The number of nitrogens with one attached hydrogen (secondary N) is 1. The van der Waals surface area contributed by atoms with Gasteiger partial charge < -0.3 is 15.3 Å². The normalized spacial score (nSPS) is 19.7. The number of thiophene rings is 1. The fraction of sp³-hybridized carbons (Fsp3) is 0.250. The Kier molecular flexibility index (Phi) is 5.70. The molecule has 2 aromatic carbocycles. The Morgan fingerprint density at radius 3 is 2.47 bits per heavy atom. The highest BCUT2D eigenvalue weighted by atomic mass is 32.1. The monoisotopic (exact) mass is 420 g/mol. The second-order valence-corrected chi connectivity index (χ2v) is 8.74. The lowest BCUT2D eigenvalue weighted by Crippen LogP contribution is -2.36. The molecule has 2 N–H and O–H groups in total. The lowest BCUT2D eigenvalue weighted by molar-refractivity contribution is -0.129. The summed E-state index contributed by atoms with van der Waals surface area (Å²) in [5, 5.41) is 14.0. The topological polar surface area (TPSA) is 69.6 Å². The van der Waals surface area contributed by atoms with Crippen LogP contribution in [0.3, 0.4) is 0 Å². The number of carbonyl (C=O) groups is 2. The minimum Gasteiger partial charge on any atom is -0.385 e. The fourth-order valence-corrected chi connectivity index (χ4v) is 5.13. The Balaban J connectivity index is 1.60. The summed E-state index contributed by atoms with van der Waals surface area (Å²) >= 11 is 1.56. The minimum absolute atomic E-state index is 0.0230. The van der Waals surface area contributed by atoms with E-state index in [1.54, 1.807) is 23.3 Å². The number of benzene rings is 2. The van der Waals surface area contributed by atoms with Gasteiger partial charge in [0.1, 0.15) is 6.10 Å². The van der Waals surface area contributed by atoms with Gasteiger partial charge in [-0.25, -0.2) is 0 Å². The molecule has 1 aromatic heterocycles. The number of anilines is 1. The SMILES string of the molecule is CC(=O)Nc1ccc([C@H]2CC(=O)N(C)[C@H]2[C@@H](O)c2ccc(-c3ccccc3)s2)cc1. The van der Waals surface area contributed by atoms with E-state index in [0.29, 0.717) is 12.1 Å². The van der Waals surface area contributed by atoms with E-state index < -0.39 is 6.10 Å². The molecule has 3 aromatic rings. The van der Waals surface area contributed by atoms with Crippen LogP contribution in [0.4, 0.5) is 5.69 Å². The molecule has 154 valence electrons. The number of hydrogen-bond acceptors (Lipinski definition) is 4. The molecule has 5 nitrogen and oxygen atoms in total. The van der Waals surface area contributed by atoms with Gasteiger partial charge in [0.25, 0.3) is 0 Å². The van der Waals surface area contributed by atoms with Crippen molar-refractivity contribution in [2.45, 2.75) is 31.4 Å². The maximum Gasteiger partial charge on any atom is 0.223 e. The van der Waals surface area contributed by atoms with Crippen molar-refractivity contribution in [2.24, 2.45) is 0 Å². The van der Waals surface area contributed by atoms with Gasteiger partial charge in [-0.15, -0.1) is 11.3 Å². The van der Waals surface area contributed by atoms with Gasteiger partial charge in [-0.2, -0.15) is 0 Å². The zero-order valence-corrected chi connectivity index (χ0v) is 17.7. The third-order valence-electron chi connectivity index (χ3n) is 5.61. The van der Waals surface area contributed by atoms with E-state index in [1.165, 1.54) is 6.92 Å². The first-order valence-corrected chi connectivity index (χ1v) is 10.7. The highest BCUT2D eigenvalue weighted by molar-refractivity contribution is 7.15. The Bertz CT molecular complexity index is 1050. The Labute approximate surface area is 180 Å². The van der Waals surface area contributed by atoms with Gasteiger partial charge in [-0.3, -0.25) is 9.59 Å². The summed E-state index contributed by atoms with van der Waals surface area (Å²) in [4.78, 5) is 27.4. The molecule has 1 aliphatic rings. The van der Waals surface area contributed by atoms with Crippen LogP contribution in [-0.2, 0) is 9.59 Å². The summed E-state index contributed by atoms with van der Waals surface area (Å²) in [6, 6.07) is 21.2. The van der Waals surface area contributed by atoms with Crippen LogP contribution in [0, 0.1) is 0 Å². The Morgan fingerprint density at radius 1 is 1.10 bits per heavy atom. The Morgan fingerprint density at radius 2 is 1.80 bits per heavy atom. The highest BCUT2D eigenvalue weighted by Gasteiger charge is 2.43. The van der Waals surface area contributed by atoms with E-state index in [4.69, 9.17) is 0 Å². The van der Waals surface area contributed by atoms with Gasteiger partial charge in [0.15, 0.2) is 0 Å². The molecule has 0 radical (unpaired) electrons. The lowest BCUT2D eigenvalue weighted by atomic mass is 9.88. The number of likely N-dealkylation sites (N-methyl/N-ethyl adjacent to an activating group) is 1. The summed E-state index contributed by atoms with van der Waals surface area (Å²) in [5.41, 5.74) is 2.80. The van der Waals surface area contributed by atoms with Crippen LogP contribution >= 0.6 is 11.3 Å². The zero-order chi connectivity index (χ0) is 21.3. The van der Waals surface area contributed by atoms with E-state index in [2.05, 4.69) is 5.32 Å². The van der Waals surface area contributed by atoms with Crippen LogP contribution in [0.5, 0.6) is 0 Å². The van der Waals surface area contributed by atoms with Gasteiger partial charge in [0.2, 0.25) is 11.8 Å². The number of rotatable bonds is 5. The van der Waals surface area contributed by atoms with Crippen molar-refractivity contribution >= 4 is 28.8 Å². The number of amides is 2. The van der Waals surface area contributed by atoms with Crippen LogP contribution in [0.15, 0.2) is 66.7 Å². The summed E-state index contributed by atoms with van der Waals surface area (Å²) in [5.74, 6) is -0.222. The third kappa shape index (κ3) is 4.01. The number of likely N-dealkylation sites (tertiary alicyclic amines) is 1. The maximum absolute atomic E-state index is 12.5. The standard InChI is InChI=1S/C24H24N2O3S/c1-15(27)25-18-10-8-16(9-11-18)19-14-22(28)26(2)23(19)24(29)21-13-12-20(30-21)17-6-4-3-5-7-17/h3-13,19,23-24,29H,14H2,1-2H3,(H,25,27)/t19-,23-,24+/m1/s1. The molecule has 30 heavy (non-hydrogen) atoms. The van der Waals surface area contributed by atoms with Crippen LogP contribution in [-0.4, -0.2) is 34.9 Å². The van der Waals surface area contributed by atoms with Crippen molar-refractivity contribution in [2.75, 3.05) is 12.4 Å². The minimum atomic E-state index is -0.774. The molecule has 0 spiro atoms. The second-order valence-electron chi connectivity index (χ2n) is 7.62. The summed E-state index contributed by atoms with van der Waals surface area (Å²) in [7, 11) is 1.76. The molecule has 0 saturated carbocycles. The predicted molar refractivity (Wildman–Crippen MR) is 119 cm³/mol. The van der Waals surface area contributed by atoms with Crippen molar-refractivity contribution in [1.82, 2.24) is 4.90 Å². The molecule has 2 heterocycles. The van der Waals surface area contributed by atoms with Gasteiger partial charge in [0, 0.05) is 41.8 Å². The van der Waals surface area contributed by atoms with Gasteiger partial charge in [-0.05, 0) is 35.4 Å². The first kappa shape index (κ1) is 20.3. The van der Waals surface area contributed by atoms with E-state index in [9.17, 15) is 14.7 Å². The smallest absolute Gasteiger partial charge is 0.223 e. The average molecular weight is 421 g/mol. The number of aliphatic hydroxyl groups is 1. The van der Waals surface area contributed by atoms with Crippen molar-refractivity contribution < 1.29 is 14.7 Å². The molecule has 3 atom stereocenters. The van der Waals surface area contributed by atoms with Crippen LogP contribution in [0.1, 0.15) is 35.8 Å². The van der Waals surface area contributed by atoms with Crippen molar-refractivity contribution in [1.29, 1.82) is 0 Å². The van der Waals surface area contributed by atoms with Crippen LogP contribution in [0.2, 0.25) is 0 Å². The lowest BCUT2D eigenvalue weighted by Gasteiger charge is -2.29. The van der Waals surface area contributed by atoms with Crippen LogP contribution in [0.25, 0.3) is 10.4 Å². The third-order valence-corrected chi connectivity index (χ3v) is 6.81. The van der Waals surface area contributed by atoms with E-state index >= 15 is 0 Å². The van der Waals surface area contributed by atoms with Gasteiger partial charge in [-0.1, -0.05) is 42.5 Å². The fourth-order valence-electron chi connectivity index (χ4n) is 4.09. The van der Waals surface area contributed by atoms with Gasteiger partial charge in [0.05, 0.1) is 6.04 Å². The van der Waals surface area contributed by atoms with Crippen molar-refractivity contribution in [3.05, 3.63) is 77.2 Å². The van der Waals surface area contributed by atoms with E-state index in [0.717, 1.165) is 20.9 Å². The first-order chi connectivity index (χ1) is 14.4. The average Bonchev–Trinajstić information content (AvgIpc) is 3.34. The molecule has 1 saturated heterocycles. The second kappa shape index (κ2) is 8.42. The molecule has 0 bridgehead atoms. The van der Waals surface area contributed by atoms with Crippen molar-refractivity contribution in [3.63, 3.8) is 0 Å². The van der Waals surface area contributed by atoms with Gasteiger partial charge >= 0.3 is 0 Å². The maximum atomic E-state index is 12.5. The largest absolute Gasteiger partial charge is 0.385 e. The molecular formula is C24H24N2O3S. The molecule has 0 aliphatic carbocycles. The molecule has 0 unspecified atom stereocenters. The molecule has 6 heteroatoms. The predicted octanol–water partition coefficient (Wildman–Crippen LogP) is 4.42. The highest BCUT2D eigenvalue weighted by Crippen LogP contribution is 2.42. The van der Waals surface area contributed by atoms with E-state index in [1.807, 2.05) is 66.7 Å². The number of hydrogen-bond donors (Lipinski definition) is 2. The number of aliphatic hydroxyl groups excluding tert-OH is 1. The number of carbonyl (C=O) groups excluding carboxylic acids is 2. The zero-order valence-electron chi connectivity index (χ0n) is 16.9. The number of nitrogens with zero attached hydrogens (tertiary/aromatic N) is 1. The first-order valence-electron chi connectivity index (χ1n) is 9.90. The molecule has 4 rings (SSSR count). The molecule has 1 aliphatic heterocycles. The molecular weight excluding hydrogens is 396 g/mol. The molecule has 1 fully saturated rings. The summed E-state index contributed by atoms with van der Waals surface area (Å²) in [6.07, 6.45) is -0.418. The van der Waals surface area contributed by atoms with E-state index in [-0.39, 0.29) is 23.8 Å². The van der Waals surface area contributed by atoms with Crippen molar-refractivity contribution in [3.8, 4) is 10.4 Å². The quantitative estimate of drug-likeness (QED) is 0.642. The Hall–Kier alpha value is -2.96. The summed E-state index contributed by atoms with van der Waals surface area (Å²) in [6.45, 7) is 1.47. The molecule has 2 amide bonds. The summed E-state index contributed by atoms with van der Waals surface area (Å²) < 4.78 is 0.